The number of anilines is 1. The zero-order valence-electron chi connectivity index (χ0n) is 20.8. The topological polar surface area (TPSA) is 63.7 Å². The van der Waals surface area contributed by atoms with Gasteiger partial charge < -0.3 is 19.7 Å². The SMILES string of the molecule is CNCC[C@H](Oc1ccc(CC2CCC(=O)c3cnc(OC)cc3N(C)CC2)cc1)c1cccs1. The van der Waals surface area contributed by atoms with Crippen LogP contribution >= 0.6 is 11.3 Å². The molecule has 1 aromatic carbocycles. The maximum atomic E-state index is 12.9. The minimum atomic E-state index is 0.0546. The molecule has 0 spiro atoms. The number of carbonyl (C=O) groups is 1. The van der Waals surface area contributed by atoms with Crippen molar-refractivity contribution in [3.63, 3.8) is 0 Å². The highest BCUT2D eigenvalue weighted by molar-refractivity contribution is 7.10. The van der Waals surface area contributed by atoms with Crippen molar-refractivity contribution < 1.29 is 14.3 Å². The number of hydrogen-bond acceptors (Lipinski definition) is 7. The number of nitrogens with one attached hydrogen (secondary N) is 1. The van der Waals surface area contributed by atoms with Crippen LogP contribution in [0.25, 0.3) is 0 Å². The number of pyridine rings is 1. The van der Waals surface area contributed by atoms with Crippen LogP contribution in [-0.4, -0.2) is 45.1 Å². The summed E-state index contributed by atoms with van der Waals surface area (Å²) in [6, 6.07) is 14.6. The number of fused-ring (bicyclic) bond motifs is 1. The minimum Gasteiger partial charge on any atom is -0.485 e. The van der Waals surface area contributed by atoms with Gasteiger partial charge in [-0.15, -0.1) is 11.3 Å². The van der Waals surface area contributed by atoms with Crippen molar-refractivity contribution in [3.8, 4) is 11.6 Å². The predicted octanol–water partition coefficient (Wildman–Crippen LogP) is 5.54. The first-order valence-corrected chi connectivity index (χ1v) is 13.2. The predicted molar refractivity (Wildman–Crippen MR) is 142 cm³/mol. The molecule has 3 aromatic rings. The zero-order chi connectivity index (χ0) is 24.6. The van der Waals surface area contributed by atoms with Gasteiger partial charge in [-0.1, -0.05) is 18.2 Å². The summed E-state index contributed by atoms with van der Waals surface area (Å²) < 4.78 is 11.6. The molecule has 0 radical (unpaired) electrons. The van der Waals surface area contributed by atoms with Crippen molar-refractivity contribution in [2.45, 2.75) is 38.2 Å². The van der Waals surface area contributed by atoms with Gasteiger partial charge in [0.25, 0.3) is 0 Å². The summed E-state index contributed by atoms with van der Waals surface area (Å²) in [5.74, 6) is 2.02. The summed E-state index contributed by atoms with van der Waals surface area (Å²) in [4.78, 5) is 20.6. The Morgan fingerprint density at radius 2 is 2.06 bits per heavy atom. The number of rotatable bonds is 9. The van der Waals surface area contributed by atoms with E-state index in [0.717, 1.165) is 50.2 Å². The molecular formula is C28H35N3O3S. The van der Waals surface area contributed by atoms with Crippen molar-refractivity contribution in [1.29, 1.82) is 0 Å². The second kappa shape index (κ2) is 12.2. The average molecular weight is 494 g/mol. The molecule has 0 fully saturated rings. The molecule has 1 unspecified atom stereocenters. The Labute approximate surface area is 212 Å². The van der Waals surface area contributed by atoms with Crippen LogP contribution < -0.4 is 19.7 Å². The van der Waals surface area contributed by atoms with Gasteiger partial charge in [-0.2, -0.15) is 0 Å². The van der Waals surface area contributed by atoms with E-state index in [1.165, 1.54) is 10.4 Å². The maximum Gasteiger partial charge on any atom is 0.215 e. The molecule has 186 valence electrons. The van der Waals surface area contributed by atoms with Crippen molar-refractivity contribution in [2.24, 2.45) is 5.92 Å². The van der Waals surface area contributed by atoms with Gasteiger partial charge in [-0.3, -0.25) is 4.79 Å². The molecule has 0 saturated carbocycles. The van der Waals surface area contributed by atoms with Gasteiger partial charge in [0, 0.05) is 43.6 Å². The molecule has 6 nitrogen and oxygen atoms in total. The first-order valence-electron chi connectivity index (χ1n) is 12.3. The van der Waals surface area contributed by atoms with E-state index in [2.05, 4.69) is 57.0 Å². The van der Waals surface area contributed by atoms with E-state index in [9.17, 15) is 4.79 Å². The minimum absolute atomic E-state index is 0.0546. The second-order valence-electron chi connectivity index (χ2n) is 9.14. The number of methoxy groups -OCH3 is 1. The van der Waals surface area contributed by atoms with Gasteiger partial charge in [0.1, 0.15) is 11.9 Å². The molecule has 1 aliphatic heterocycles. The van der Waals surface area contributed by atoms with Crippen LogP contribution in [0.1, 0.15) is 52.6 Å². The summed E-state index contributed by atoms with van der Waals surface area (Å²) in [6.45, 7) is 1.79. The second-order valence-corrected chi connectivity index (χ2v) is 10.1. The van der Waals surface area contributed by atoms with Gasteiger partial charge in [-0.25, -0.2) is 4.98 Å². The highest BCUT2D eigenvalue weighted by Crippen LogP contribution is 2.31. The van der Waals surface area contributed by atoms with Gasteiger partial charge in [0.2, 0.25) is 5.88 Å². The third-order valence-corrected chi connectivity index (χ3v) is 7.64. The fraction of sp³-hybridized carbons (Fsp3) is 0.429. The van der Waals surface area contributed by atoms with Crippen LogP contribution in [0, 0.1) is 5.92 Å². The number of ketones is 1. The third kappa shape index (κ3) is 6.61. The molecule has 7 heteroatoms. The van der Waals surface area contributed by atoms with E-state index in [1.54, 1.807) is 24.6 Å². The van der Waals surface area contributed by atoms with Crippen LogP contribution in [0.5, 0.6) is 11.6 Å². The van der Waals surface area contributed by atoms with Crippen molar-refractivity contribution >= 4 is 22.8 Å². The fourth-order valence-corrected chi connectivity index (χ4v) is 5.38. The molecule has 1 aliphatic rings. The first-order chi connectivity index (χ1) is 17.1. The van der Waals surface area contributed by atoms with Gasteiger partial charge in [0.05, 0.1) is 18.4 Å². The number of thiophene rings is 1. The van der Waals surface area contributed by atoms with E-state index in [4.69, 9.17) is 9.47 Å². The van der Waals surface area contributed by atoms with Crippen LogP contribution in [0.4, 0.5) is 5.69 Å². The summed E-state index contributed by atoms with van der Waals surface area (Å²) in [7, 11) is 5.61. The van der Waals surface area contributed by atoms with E-state index in [-0.39, 0.29) is 11.9 Å². The fourth-order valence-electron chi connectivity index (χ4n) is 4.59. The quantitative estimate of drug-likeness (QED) is 0.422. The number of hydrogen-bond donors (Lipinski definition) is 1. The summed E-state index contributed by atoms with van der Waals surface area (Å²) in [5.41, 5.74) is 2.87. The smallest absolute Gasteiger partial charge is 0.215 e. The summed E-state index contributed by atoms with van der Waals surface area (Å²) in [6.07, 6.45) is 6.02. The van der Waals surface area contributed by atoms with E-state index < -0.39 is 0 Å². The lowest BCUT2D eigenvalue weighted by atomic mass is 9.90. The number of aromatic nitrogens is 1. The molecule has 3 heterocycles. The van der Waals surface area contributed by atoms with Gasteiger partial charge >= 0.3 is 0 Å². The number of nitrogens with zero attached hydrogens (tertiary/aromatic N) is 2. The number of Topliss-reactive ketones (excluding diaryl/α,β-unsaturated/α-hetero) is 1. The number of ether oxygens (including phenoxy) is 2. The largest absolute Gasteiger partial charge is 0.485 e. The highest BCUT2D eigenvalue weighted by Gasteiger charge is 2.22. The molecule has 1 N–H and O–H groups in total. The summed E-state index contributed by atoms with van der Waals surface area (Å²) in [5, 5.41) is 5.32. The van der Waals surface area contributed by atoms with Crippen LogP contribution in [0.3, 0.4) is 0 Å². The lowest BCUT2D eigenvalue weighted by Gasteiger charge is -2.23. The molecule has 0 aliphatic carbocycles. The van der Waals surface area contributed by atoms with Crippen LogP contribution in [0.2, 0.25) is 0 Å². The Morgan fingerprint density at radius 1 is 1.23 bits per heavy atom. The highest BCUT2D eigenvalue weighted by atomic mass is 32.1. The Hall–Kier alpha value is -2.90. The van der Waals surface area contributed by atoms with Crippen molar-refractivity contribution in [1.82, 2.24) is 10.3 Å². The lowest BCUT2D eigenvalue weighted by molar-refractivity contribution is 0.0974. The third-order valence-electron chi connectivity index (χ3n) is 6.67. The Bertz CT molecular complexity index is 1090. The Kier molecular flexibility index (Phi) is 8.77. The zero-order valence-corrected chi connectivity index (χ0v) is 21.6. The maximum absolute atomic E-state index is 12.9. The van der Waals surface area contributed by atoms with Crippen molar-refractivity contribution in [2.75, 3.05) is 39.2 Å². The lowest BCUT2D eigenvalue weighted by Crippen LogP contribution is -2.22. The monoisotopic (exact) mass is 493 g/mol. The molecule has 0 amide bonds. The molecule has 35 heavy (non-hydrogen) atoms. The number of carbonyl (C=O) groups excluding carboxylic acids is 1. The van der Waals surface area contributed by atoms with E-state index in [1.807, 2.05) is 20.2 Å². The normalized spacial score (nSPS) is 17.2. The molecular weight excluding hydrogens is 458 g/mol. The molecule has 2 atom stereocenters. The van der Waals surface area contributed by atoms with Crippen LogP contribution in [0.15, 0.2) is 54.0 Å². The van der Waals surface area contributed by atoms with E-state index >= 15 is 0 Å². The standard InChI is InChI=1S/C28H35N3O3S/c1-29-14-12-26(27-5-4-16-35-27)34-22-9-6-20(7-10-22)17-21-8-11-25(32)23-19-30-28(33-3)18-24(23)31(2)15-13-21/h4-7,9-10,16,18-19,21,26,29H,8,11-15,17H2,1-3H3/t21?,26-/m0/s1. The first kappa shape index (κ1) is 25.2. The average Bonchev–Trinajstić information content (AvgIpc) is 3.43. The van der Waals surface area contributed by atoms with Crippen molar-refractivity contribution in [3.05, 3.63) is 70.0 Å². The van der Waals surface area contributed by atoms with Gasteiger partial charge in [-0.05, 0) is 67.9 Å². The van der Waals surface area contributed by atoms with E-state index in [0.29, 0.717) is 23.8 Å². The molecule has 4 rings (SSSR count). The Balaban J connectivity index is 1.40. The van der Waals surface area contributed by atoms with Gasteiger partial charge in [0.15, 0.2) is 5.78 Å². The summed E-state index contributed by atoms with van der Waals surface area (Å²) >= 11 is 1.74. The molecule has 0 saturated heterocycles. The van der Waals surface area contributed by atoms with Crippen LogP contribution in [-0.2, 0) is 6.42 Å². The number of benzene rings is 1. The molecule has 0 bridgehead atoms. The Morgan fingerprint density at radius 3 is 2.77 bits per heavy atom. The molecule has 2 aromatic heterocycles.